The first-order chi connectivity index (χ1) is 8.24. The van der Waals surface area contributed by atoms with E-state index >= 15 is 0 Å². The Morgan fingerprint density at radius 3 is 2.94 bits per heavy atom. The second-order valence-electron chi connectivity index (χ2n) is 4.00. The third-order valence-corrected chi connectivity index (χ3v) is 2.47. The first kappa shape index (κ1) is 11.4. The van der Waals surface area contributed by atoms with Gasteiger partial charge in [-0.1, -0.05) is 6.07 Å². The molecule has 1 amide bonds. The number of nitrogens with one attached hydrogen (secondary N) is 1. The van der Waals surface area contributed by atoms with Crippen LogP contribution in [0, 0.1) is 0 Å². The molecule has 0 bridgehead atoms. The van der Waals surface area contributed by atoms with Gasteiger partial charge >= 0.3 is 0 Å². The van der Waals surface area contributed by atoms with Crippen molar-refractivity contribution in [2.45, 2.75) is 13.0 Å². The van der Waals surface area contributed by atoms with Crippen molar-refractivity contribution in [1.29, 1.82) is 0 Å². The first-order valence-corrected chi connectivity index (χ1v) is 5.50. The molecule has 4 heteroatoms. The Morgan fingerprint density at radius 2 is 2.29 bits per heavy atom. The number of amides is 1. The van der Waals surface area contributed by atoms with Gasteiger partial charge in [0.05, 0.1) is 6.42 Å². The molecule has 17 heavy (non-hydrogen) atoms. The Balaban J connectivity index is 1.82. The summed E-state index contributed by atoms with van der Waals surface area (Å²) < 4.78 is 1.93. The first-order valence-electron chi connectivity index (χ1n) is 5.50. The molecular weight excluding hydrogens is 214 g/mol. The molecule has 2 aromatic rings. The van der Waals surface area contributed by atoms with Crippen molar-refractivity contribution in [3.05, 3.63) is 54.1 Å². The Morgan fingerprint density at radius 1 is 1.41 bits per heavy atom. The average molecular weight is 229 g/mol. The van der Waals surface area contributed by atoms with Gasteiger partial charge in [0.25, 0.3) is 0 Å². The summed E-state index contributed by atoms with van der Waals surface area (Å²) in [7, 11) is 1.94. The number of carbonyl (C=O) groups excluding carboxylic acids is 1. The van der Waals surface area contributed by atoms with Crippen LogP contribution in [0.15, 0.2) is 43.0 Å². The van der Waals surface area contributed by atoms with Crippen LogP contribution in [0.4, 0.5) is 0 Å². The fourth-order valence-electron chi connectivity index (χ4n) is 1.62. The fraction of sp³-hybridized carbons (Fsp3) is 0.231. The lowest BCUT2D eigenvalue weighted by Crippen LogP contribution is -2.24. The van der Waals surface area contributed by atoms with Crippen molar-refractivity contribution < 1.29 is 4.79 Å². The van der Waals surface area contributed by atoms with E-state index < -0.39 is 0 Å². The van der Waals surface area contributed by atoms with E-state index in [0.717, 1.165) is 11.1 Å². The lowest BCUT2D eigenvalue weighted by molar-refractivity contribution is -0.120. The predicted molar refractivity (Wildman–Crippen MR) is 65.2 cm³/mol. The average Bonchev–Trinajstić information content (AvgIpc) is 2.73. The van der Waals surface area contributed by atoms with Crippen LogP contribution >= 0.6 is 0 Å². The van der Waals surface area contributed by atoms with Crippen molar-refractivity contribution in [1.82, 2.24) is 14.9 Å². The van der Waals surface area contributed by atoms with E-state index in [1.165, 1.54) is 0 Å². The van der Waals surface area contributed by atoms with Gasteiger partial charge in [-0.05, 0) is 23.3 Å². The summed E-state index contributed by atoms with van der Waals surface area (Å²) in [4.78, 5) is 15.6. The van der Waals surface area contributed by atoms with Crippen molar-refractivity contribution >= 4 is 5.91 Å². The lowest BCUT2D eigenvalue weighted by atomic mass is 10.2. The molecule has 0 aliphatic heterocycles. The highest BCUT2D eigenvalue weighted by Gasteiger charge is 2.03. The molecule has 2 aromatic heterocycles. The smallest absolute Gasteiger partial charge is 0.224 e. The molecule has 0 aliphatic carbocycles. The molecule has 0 unspecified atom stereocenters. The maximum absolute atomic E-state index is 11.7. The van der Waals surface area contributed by atoms with Gasteiger partial charge in [-0.3, -0.25) is 9.78 Å². The van der Waals surface area contributed by atoms with Gasteiger partial charge in [-0.15, -0.1) is 0 Å². The zero-order valence-electron chi connectivity index (χ0n) is 9.76. The van der Waals surface area contributed by atoms with E-state index in [1.807, 2.05) is 42.2 Å². The van der Waals surface area contributed by atoms with Crippen LogP contribution in [0.5, 0.6) is 0 Å². The van der Waals surface area contributed by atoms with Crippen LogP contribution in [-0.4, -0.2) is 15.5 Å². The number of hydrogen-bond acceptors (Lipinski definition) is 2. The molecule has 0 fully saturated rings. The molecule has 0 saturated carbocycles. The number of hydrogen-bond donors (Lipinski definition) is 1. The third kappa shape index (κ3) is 3.45. The van der Waals surface area contributed by atoms with Crippen molar-refractivity contribution in [3.8, 4) is 0 Å². The topological polar surface area (TPSA) is 46.9 Å². The molecule has 2 heterocycles. The summed E-state index contributed by atoms with van der Waals surface area (Å²) in [6.07, 6.45) is 7.77. The molecule has 0 aromatic carbocycles. The number of aryl methyl sites for hydroxylation is 1. The minimum absolute atomic E-state index is 0.0278. The number of aromatic nitrogens is 2. The second-order valence-corrected chi connectivity index (χ2v) is 4.00. The van der Waals surface area contributed by atoms with Gasteiger partial charge < -0.3 is 9.88 Å². The summed E-state index contributed by atoms with van der Waals surface area (Å²) in [5, 5.41) is 2.87. The van der Waals surface area contributed by atoms with E-state index in [4.69, 9.17) is 0 Å². The molecule has 88 valence electrons. The number of pyridine rings is 1. The maximum atomic E-state index is 11.7. The minimum atomic E-state index is 0.0278. The largest absolute Gasteiger partial charge is 0.357 e. The molecule has 0 radical (unpaired) electrons. The Kier molecular flexibility index (Phi) is 3.55. The van der Waals surface area contributed by atoms with Crippen LogP contribution in [0.25, 0.3) is 0 Å². The quantitative estimate of drug-likeness (QED) is 0.858. The normalized spacial score (nSPS) is 10.2. The standard InChI is InChI=1S/C13H15N3O/c1-16-6-4-11(10-16)7-13(17)15-9-12-3-2-5-14-8-12/h2-6,8,10H,7,9H2,1H3,(H,15,17). The molecule has 0 aliphatic rings. The van der Waals surface area contributed by atoms with Crippen LogP contribution < -0.4 is 5.32 Å². The SMILES string of the molecule is Cn1ccc(CC(=O)NCc2cccnc2)c1. The molecule has 0 spiro atoms. The van der Waals surface area contributed by atoms with Crippen LogP contribution in [-0.2, 0) is 24.8 Å². The molecule has 0 saturated heterocycles. The van der Waals surface area contributed by atoms with Crippen LogP contribution in [0.1, 0.15) is 11.1 Å². The fourth-order valence-corrected chi connectivity index (χ4v) is 1.62. The molecule has 4 nitrogen and oxygen atoms in total. The van der Waals surface area contributed by atoms with E-state index in [-0.39, 0.29) is 5.91 Å². The molecular formula is C13H15N3O. The summed E-state index contributed by atoms with van der Waals surface area (Å²) in [5.74, 6) is 0.0278. The monoisotopic (exact) mass is 229 g/mol. The highest BCUT2D eigenvalue weighted by Crippen LogP contribution is 2.01. The van der Waals surface area contributed by atoms with Gasteiger partial charge in [-0.2, -0.15) is 0 Å². The third-order valence-electron chi connectivity index (χ3n) is 2.47. The molecule has 2 rings (SSSR count). The zero-order chi connectivity index (χ0) is 12.1. The van der Waals surface area contributed by atoms with Crippen LogP contribution in [0.2, 0.25) is 0 Å². The second kappa shape index (κ2) is 5.30. The number of nitrogens with zero attached hydrogens (tertiary/aromatic N) is 2. The zero-order valence-corrected chi connectivity index (χ0v) is 9.76. The van der Waals surface area contributed by atoms with Gasteiger partial charge in [0.2, 0.25) is 5.91 Å². The molecule has 0 atom stereocenters. The summed E-state index contributed by atoms with van der Waals surface area (Å²) in [6, 6.07) is 5.75. The molecule has 1 N–H and O–H groups in total. The summed E-state index contributed by atoms with van der Waals surface area (Å²) >= 11 is 0. The maximum Gasteiger partial charge on any atom is 0.224 e. The summed E-state index contributed by atoms with van der Waals surface area (Å²) in [5.41, 5.74) is 2.03. The summed E-state index contributed by atoms with van der Waals surface area (Å²) in [6.45, 7) is 0.527. The number of carbonyl (C=O) groups is 1. The highest BCUT2D eigenvalue weighted by molar-refractivity contribution is 5.78. The minimum Gasteiger partial charge on any atom is -0.357 e. The lowest BCUT2D eigenvalue weighted by Gasteiger charge is -2.03. The van der Waals surface area contributed by atoms with Gasteiger partial charge in [-0.25, -0.2) is 0 Å². The van der Waals surface area contributed by atoms with Crippen molar-refractivity contribution in [2.24, 2.45) is 7.05 Å². The van der Waals surface area contributed by atoms with E-state index in [9.17, 15) is 4.79 Å². The van der Waals surface area contributed by atoms with E-state index in [2.05, 4.69) is 10.3 Å². The van der Waals surface area contributed by atoms with Crippen molar-refractivity contribution in [3.63, 3.8) is 0 Å². The highest BCUT2D eigenvalue weighted by atomic mass is 16.1. The van der Waals surface area contributed by atoms with Gasteiger partial charge in [0.1, 0.15) is 0 Å². The van der Waals surface area contributed by atoms with Crippen LogP contribution in [0.3, 0.4) is 0 Å². The van der Waals surface area contributed by atoms with E-state index in [0.29, 0.717) is 13.0 Å². The predicted octanol–water partition coefficient (Wildman–Crippen LogP) is 1.28. The number of rotatable bonds is 4. The van der Waals surface area contributed by atoms with E-state index in [1.54, 1.807) is 12.4 Å². The Hall–Kier alpha value is -2.10. The van der Waals surface area contributed by atoms with Crippen molar-refractivity contribution in [2.75, 3.05) is 0 Å². The Bertz CT molecular complexity index is 490. The Labute approximate surface area is 100 Å². The van der Waals surface area contributed by atoms with Gasteiger partial charge in [0.15, 0.2) is 0 Å². The van der Waals surface area contributed by atoms with Gasteiger partial charge in [0, 0.05) is 38.4 Å².